The first-order valence-corrected chi connectivity index (χ1v) is 11.4. The Labute approximate surface area is 189 Å². The number of amides is 1. The zero-order valence-corrected chi connectivity index (χ0v) is 19.1. The molecule has 0 spiro atoms. The molecule has 0 atom stereocenters. The van der Waals surface area contributed by atoms with Crippen molar-refractivity contribution in [2.24, 2.45) is 0 Å². The second kappa shape index (κ2) is 9.15. The summed E-state index contributed by atoms with van der Waals surface area (Å²) in [6.45, 7) is 6.75. The van der Waals surface area contributed by atoms with Gasteiger partial charge in [0, 0.05) is 19.4 Å². The second-order valence-electron chi connectivity index (χ2n) is 8.90. The molecule has 2 aromatic carbocycles. The Balaban J connectivity index is 1.50. The number of hydrogen-bond acceptors (Lipinski definition) is 4. The minimum Gasteiger partial charge on any atom is -0.466 e. The summed E-state index contributed by atoms with van der Waals surface area (Å²) in [5, 5.41) is 0. The van der Waals surface area contributed by atoms with E-state index in [4.69, 9.17) is 9.72 Å². The number of aromatic nitrogens is 2. The average Bonchev–Trinajstić information content (AvgIpc) is 3.26. The van der Waals surface area contributed by atoms with E-state index >= 15 is 0 Å². The van der Waals surface area contributed by atoms with Gasteiger partial charge in [0.1, 0.15) is 5.82 Å². The lowest BCUT2D eigenvalue weighted by atomic mass is 9.86. The van der Waals surface area contributed by atoms with Crippen molar-refractivity contribution < 1.29 is 14.3 Å². The highest BCUT2D eigenvalue weighted by atomic mass is 16.5. The van der Waals surface area contributed by atoms with Gasteiger partial charge in [0.25, 0.3) is 0 Å². The Morgan fingerprint density at radius 2 is 1.91 bits per heavy atom. The van der Waals surface area contributed by atoms with Gasteiger partial charge in [-0.15, -0.1) is 0 Å². The number of hydrogen-bond donors (Lipinski definition) is 1. The number of nitrogens with one attached hydrogen (secondary N) is 1. The van der Waals surface area contributed by atoms with E-state index in [1.165, 1.54) is 5.56 Å². The fourth-order valence-corrected chi connectivity index (χ4v) is 4.40. The summed E-state index contributed by atoms with van der Waals surface area (Å²) in [5.74, 6) is 0.875. The largest absolute Gasteiger partial charge is 0.466 e. The molecule has 0 saturated carbocycles. The lowest BCUT2D eigenvalue weighted by Crippen LogP contribution is -2.36. The number of rotatable bonds is 9. The summed E-state index contributed by atoms with van der Waals surface area (Å²) in [7, 11) is 0. The van der Waals surface area contributed by atoms with Crippen LogP contribution in [0.1, 0.15) is 57.0 Å². The Bertz CT molecular complexity index is 1120. The number of carbonyl (C=O) groups is 2. The van der Waals surface area contributed by atoms with Crippen molar-refractivity contribution in [1.82, 2.24) is 9.97 Å². The van der Waals surface area contributed by atoms with E-state index < -0.39 is 5.41 Å². The average molecular weight is 434 g/mol. The molecule has 0 radical (unpaired) electrons. The van der Waals surface area contributed by atoms with E-state index in [1.807, 2.05) is 37.8 Å². The van der Waals surface area contributed by atoms with Crippen LogP contribution < -0.4 is 4.90 Å². The number of unbranched alkanes of at least 4 members (excludes halogenated alkanes) is 1. The first kappa shape index (κ1) is 22.1. The number of anilines is 1. The van der Waals surface area contributed by atoms with Crippen molar-refractivity contribution in [3.63, 3.8) is 0 Å². The van der Waals surface area contributed by atoms with Gasteiger partial charge in [0.2, 0.25) is 5.91 Å². The molecule has 6 heteroatoms. The number of ether oxygens (including phenoxy) is 1. The number of fused-ring (bicyclic) bond motifs is 2. The van der Waals surface area contributed by atoms with Gasteiger partial charge in [-0.1, -0.05) is 30.3 Å². The number of esters is 1. The fourth-order valence-electron chi connectivity index (χ4n) is 4.40. The number of benzene rings is 2. The van der Waals surface area contributed by atoms with E-state index in [0.717, 1.165) is 47.4 Å². The number of imidazole rings is 1. The molecule has 3 aromatic rings. The van der Waals surface area contributed by atoms with Crippen LogP contribution in [0, 0.1) is 0 Å². The SMILES string of the molecule is CCOC(=O)CCCCN1C(=O)C(C)(C)c2cc3[nH]c(CCc4ccccc4)nc3cc21. The van der Waals surface area contributed by atoms with E-state index in [1.54, 1.807) is 0 Å². The van der Waals surface area contributed by atoms with Crippen LogP contribution in [-0.2, 0) is 32.6 Å². The third-order valence-electron chi connectivity index (χ3n) is 6.20. The third kappa shape index (κ3) is 4.40. The van der Waals surface area contributed by atoms with E-state index in [-0.39, 0.29) is 11.9 Å². The van der Waals surface area contributed by atoms with E-state index in [9.17, 15) is 9.59 Å². The van der Waals surface area contributed by atoms with Crippen molar-refractivity contribution in [3.05, 3.63) is 59.4 Å². The van der Waals surface area contributed by atoms with Gasteiger partial charge in [0.05, 0.1) is 28.7 Å². The van der Waals surface area contributed by atoms with Gasteiger partial charge in [-0.25, -0.2) is 4.98 Å². The van der Waals surface area contributed by atoms with Gasteiger partial charge in [-0.05, 0) is 63.3 Å². The first-order valence-electron chi connectivity index (χ1n) is 11.4. The predicted octanol–water partition coefficient (Wildman–Crippen LogP) is 4.71. The molecule has 0 bridgehead atoms. The standard InChI is InChI=1S/C26H31N3O3/c1-4-32-24(30)12-8-9-15-29-22-17-21-20(16-19(22)26(2,3)25(29)31)27-23(28-21)14-13-18-10-6-5-7-11-18/h5-7,10-11,16-17H,4,8-9,12-15H2,1-3H3,(H,27,28). The van der Waals surface area contributed by atoms with E-state index in [0.29, 0.717) is 26.0 Å². The van der Waals surface area contributed by atoms with Crippen molar-refractivity contribution in [2.45, 2.75) is 58.3 Å². The summed E-state index contributed by atoms with van der Waals surface area (Å²) >= 11 is 0. The molecule has 1 aliphatic rings. The maximum atomic E-state index is 13.1. The lowest BCUT2D eigenvalue weighted by molar-refractivity contribution is -0.143. The van der Waals surface area contributed by atoms with Crippen LogP contribution in [0.25, 0.3) is 11.0 Å². The van der Waals surface area contributed by atoms with Gasteiger partial charge in [-0.3, -0.25) is 9.59 Å². The van der Waals surface area contributed by atoms with Crippen LogP contribution in [0.15, 0.2) is 42.5 Å². The topological polar surface area (TPSA) is 75.3 Å². The smallest absolute Gasteiger partial charge is 0.305 e. The Morgan fingerprint density at radius 3 is 2.66 bits per heavy atom. The van der Waals surface area contributed by atoms with Crippen LogP contribution in [0.2, 0.25) is 0 Å². The molecule has 168 valence electrons. The van der Waals surface area contributed by atoms with Crippen molar-refractivity contribution in [3.8, 4) is 0 Å². The van der Waals surface area contributed by atoms with Gasteiger partial charge in [-0.2, -0.15) is 0 Å². The number of aryl methyl sites for hydroxylation is 2. The Morgan fingerprint density at radius 1 is 1.12 bits per heavy atom. The minimum absolute atomic E-state index is 0.0978. The summed E-state index contributed by atoms with van der Waals surface area (Å²) in [6.07, 6.45) is 3.60. The molecule has 0 aliphatic carbocycles. The summed E-state index contributed by atoms with van der Waals surface area (Å²) in [6, 6.07) is 14.5. The zero-order chi connectivity index (χ0) is 22.7. The maximum absolute atomic E-state index is 13.1. The van der Waals surface area contributed by atoms with Gasteiger partial charge in [0.15, 0.2) is 0 Å². The summed E-state index contributed by atoms with van der Waals surface area (Å²) in [4.78, 5) is 34.8. The number of carbonyl (C=O) groups excluding carboxylic acids is 2. The molecule has 1 N–H and O–H groups in total. The van der Waals surface area contributed by atoms with Gasteiger partial charge >= 0.3 is 5.97 Å². The van der Waals surface area contributed by atoms with Crippen LogP contribution in [-0.4, -0.2) is 35.0 Å². The van der Waals surface area contributed by atoms with Crippen molar-refractivity contribution >= 4 is 28.6 Å². The second-order valence-corrected chi connectivity index (χ2v) is 8.90. The molecule has 1 aliphatic heterocycles. The highest BCUT2D eigenvalue weighted by Gasteiger charge is 2.44. The number of nitrogens with zero attached hydrogens (tertiary/aromatic N) is 2. The van der Waals surface area contributed by atoms with Crippen molar-refractivity contribution in [2.75, 3.05) is 18.1 Å². The summed E-state index contributed by atoms with van der Waals surface area (Å²) in [5.41, 5.74) is 4.52. The molecule has 0 unspecified atom stereocenters. The van der Waals surface area contributed by atoms with Crippen LogP contribution >= 0.6 is 0 Å². The number of H-pyrrole nitrogens is 1. The molecule has 1 aromatic heterocycles. The Hall–Kier alpha value is -3.15. The predicted molar refractivity (Wildman–Crippen MR) is 126 cm³/mol. The quantitative estimate of drug-likeness (QED) is 0.392. The molecule has 1 amide bonds. The fraction of sp³-hybridized carbons (Fsp3) is 0.423. The van der Waals surface area contributed by atoms with E-state index in [2.05, 4.69) is 35.3 Å². The summed E-state index contributed by atoms with van der Waals surface area (Å²) < 4.78 is 4.99. The maximum Gasteiger partial charge on any atom is 0.305 e. The lowest BCUT2D eigenvalue weighted by Gasteiger charge is -2.20. The van der Waals surface area contributed by atoms with Gasteiger partial charge < -0.3 is 14.6 Å². The Kier molecular flexibility index (Phi) is 6.31. The van der Waals surface area contributed by atoms with Crippen LogP contribution in [0.3, 0.4) is 0 Å². The number of aromatic amines is 1. The molecule has 0 saturated heterocycles. The molecule has 4 rings (SSSR count). The molecule has 32 heavy (non-hydrogen) atoms. The van der Waals surface area contributed by atoms with Crippen LogP contribution in [0.5, 0.6) is 0 Å². The minimum atomic E-state index is -0.583. The zero-order valence-electron chi connectivity index (χ0n) is 19.1. The highest BCUT2D eigenvalue weighted by molar-refractivity contribution is 6.09. The first-order chi connectivity index (χ1) is 15.4. The molecular weight excluding hydrogens is 402 g/mol. The monoisotopic (exact) mass is 433 g/mol. The third-order valence-corrected chi connectivity index (χ3v) is 6.20. The van der Waals surface area contributed by atoms with Crippen LogP contribution in [0.4, 0.5) is 5.69 Å². The molecule has 0 fully saturated rings. The molecule has 2 heterocycles. The highest BCUT2D eigenvalue weighted by Crippen LogP contribution is 2.43. The molecule has 6 nitrogen and oxygen atoms in total. The normalized spacial score (nSPS) is 14.7. The van der Waals surface area contributed by atoms with Crippen molar-refractivity contribution in [1.29, 1.82) is 0 Å². The molecular formula is C26H31N3O3.